The number of unbranched alkanes of at least 4 members (excludes halogenated alkanes) is 1. The van der Waals surface area contributed by atoms with Crippen LogP contribution in [0.4, 0.5) is 0 Å². The standard InChI is InChI=1S/C48H43O2S4/c1-7-8-13-31-22-29(2)23-34(25-31)54(33-19-21-43-38(27-33)47(50)36-15-10-12-17-41(36)53-43)45-24-30(3)44(28-39(45)48(4,5)6)51-32-18-20-42-37(26-32)46(49)35-14-9-11-16-40(35)52-42/h9-12,14-28H,7-8,13H2,1-6H3/q+1. The SMILES string of the molecule is CCCCc1cc(C)cc([S+](c2ccc3sc4ccccc4c(=O)c3c2)c2cc(C)c(Sc3ccc4sc5ccccc5c(=O)c4c3)cc2C(C)(C)C)c1. The van der Waals surface area contributed by atoms with E-state index in [2.05, 4.69) is 108 Å². The van der Waals surface area contributed by atoms with Crippen LogP contribution in [0.2, 0.25) is 0 Å². The van der Waals surface area contributed by atoms with Gasteiger partial charge in [-0.25, -0.2) is 0 Å². The zero-order valence-corrected chi connectivity index (χ0v) is 34.8. The first-order chi connectivity index (χ1) is 26.0. The van der Waals surface area contributed by atoms with Gasteiger partial charge in [0.2, 0.25) is 0 Å². The van der Waals surface area contributed by atoms with Gasteiger partial charge in [-0.15, -0.1) is 22.7 Å². The molecule has 0 saturated carbocycles. The Hall–Kier alpha value is -4.20. The molecule has 6 aromatic carbocycles. The Bertz CT molecular complexity index is 2860. The van der Waals surface area contributed by atoms with E-state index in [-0.39, 0.29) is 16.3 Å². The fourth-order valence-electron chi connectivity index (χ4n) is 7.27. The van der Waals surface area contributed by atoms with Gasteiger partial charge in [-0.2, -0.15) is 0 Å². The van der Waals surface area contributed by atoms with E-state index in [0.717, 1.165) is 69.4 Å². The molecule has 270 valence electrons. The summed E-state index contributed by atoms with van der Waals surface area (Å²) in [7, 11) is -0.480. The van der Waals surface area contributed by atoms with Crippen LogP contribution in [0.15, 0.2) is 149 Å². The molecule has 0 aliphatic heterocycles. The Kier molecular flexibility index (Phi) is 10.1. The van der Waals surface area contributed by atoms with Gasteiger partial charge in [-0.05, 0) is 128 Å². The van der Waals surface area contributed by atoms with Crippen molar-refractivity contribution in [3.8, 4) is 0 Å². The van der Waals surface area contributed by atoms with Crippen LogP contribution in [-0.2, 0) is 22.7 Å². The van der Waals surface area contributed by atoms with Crippen LogP contribution < -0.4 is 10.9 Å². The molecule has 0 aliphatic carbocycles. The summed E-state index contributed by atoms with van der Waals surface area (Å²) >= 11 is 5.09. The Morgan fingerprint density at radius 1 is 0.630 bits per heavy atom. The number of fused-ring (bicyclic) bond motifs is 4. The lowest BCUT2D eigenvalue weighted by Crippen LogP contribution is -2.19. The number of aryl methyl sites for hydroxylation is 3. The quantitative estimate of drug-likeness (QED) is 0.114. The normalized spacial score (nSPS) is 12.6. The molecule has 2 heterocycles. The average Bonchev–Trinajstić information content (AvgIpc) is 3.15. The fourth-order valence-corrected chi connectivity index (χ4v) is 13.0. The average molecular weight is 780 g/mol. The smallest absolute Gasteiger partial charge is 0.196 e. The third-order valence-corrected chi connectivity index (χ3v) is 15.7. The van der Waals surface area contributed by atoms with E-state index in [1.165, 1.54) is 36.9 Å². The maximum atomic E-state index is 14.0. The van der Waals surface area contributed by atoms with Crippen molar-refractivity contribution >= 4 is 85.7 Å². The van der Waals surface area contributed by atoms with Crippen molar-refractivity contribution in [2.24, 2.45) is 0 Å². The van der Waals surface area contributed by atoms with Crippen molar-refractivity contribution in [1.82, 2.24) is 0 Å². The van der Waals surface area contributed by atoms with Crippen LogP contribution in [-0.4, -0.2) is 0 Å². The number of benzene rings is 6. The molecule has 2 nitrogen and oxygen atoms in total. The van der Waals surface area contributed by atoms with Gasteiger partial charge in [0.15, 0.2) is 25.5 Å². The Morgan fingerprint density at radius 2 is 1.24 bits per heavy atom. The van der Waals surface area contributed by atoms with Crippen molar-refractivity contribution in [3.05, 3.63) is 158 Å². The summed E-state index contributed by atoms with van der Waals surface area (Å²) in [5, 5.41) is 3.12. The molecule has 1 unspecified atom stereocenters. The Balaban J connectivity index is 1.30. The van der Waals surface area contributed by atoms with Crippen LogP contribution in [0, 0.1) is 13.8 Å². The highest BCUT2D eigenvalue weighted by atomic mass is 32.2. The summed E-state index contributed by atoms with van der Waals surface area (Å²) in [5.74, 6) is 0. The molecule has 0 N–H and O–H groups in total. The van der Waals surface area contributed by atoms with Crippen molar-refractivity contribution < 1.29 is 0 Å². The van der Waals surface area contributed by atoms with Gasteiger partial charge in [-0.1, -0.05) is 76.2 Å². The second-order valence-electron chi connectivity index (χ2n) is 15.2. The summed E-state index contributed by atoms with van der Waals surface area (Å²) in [4.78, 5) is 33.6. The lowest BCUT2D eigenvalue weighted by molar-refractivity contribution is 0.575. The van der Waals surface area contributed by atoms with Crippen molar-refractivity contribution in [2.75, 3.05) is 0 Å². The maximum absolute atomic E-state index is 14.0. The molecular weight excluding hydrogens is 737 g/mol. The lowest BCUT2D eigenvalue weighted by Gasteiger charge is -2.24. The van der Waals surface area contributed by atoms with Crippen molar-refractivity contribution in [3.63, 3.8) is 0 Å². The Morgan fingerprint density at radius 3 is 1.89 bits per heavy atom. The minimum absolute atomic E-state index is 0.0928. The molecule has 0 saturated heterocycles. The first-order valence-electron chi connectivity index (χ1n) is 18.6. The molecule has 54 heavy (non-hydrogen) atoms. The maximum Gasteiger partial charge on any atom is 0.196 e. The van der Waals surface area contributed by atoms with Gasteiger partial charge in [0, 0.05) is 61.8 Å². The number of hydrogen-bond donors (Lipinski definition) is 0. The molecule has 0 fully saturated rings. The third kappa shape index (κ3) is 7.06. The molecule has 2 aromatic heterocycles. The summed E-state index contributed by atoms with van der Waals surface area (Å²) in [6.07, 6.45) is 3.35. The molecular formula is C48H43O2S4+. The summed E-state index contributed by atoms with van der Waals surface area (Å²) in [6, 6.07) is 40.7. The van der Waals surface area contributed by atoms with Crippen LogP contribution >= 0.6 is 34.4 Å². The van der Waals surface area contributed by atoms with Crippen LogP contribution in [0.25, 0.3) is 40.3 Å². The van der Waals surface area contributed by atoms with Gasteiger partial charge < -0.3 is 0 Å². The minimum atomic E-state index is -0.480. The second-order valence-corrected chi connectivity index (χ2v) is 20.5. The molecule has 6 heteroatoms. The molecule has 8 aromatic rings. The number of rotatable bonds is 8. The predicted octanol–water partition coefficient (Wildman–Crippen LogP) is 13.6. The number of hydrogen-bond acceptors (Lipinski definition) is 5. The van der Waals surface area contributed by atoms with E-state index in [9.17, 15) is 9.59 Å². The second kappa shape index (κ2) is 14.8. The molecule has 0 radical (unpaired) electrons. The largest absolute Gasteiger partial charge is 0.289 e. The van der Waals surface area contributed by atoms with Gasteiger partial charge in [-0.3, -0.25) is 9.59 Å². The van der Waals surface area contributed by atoms with Gasteiger partial charge in [0.05, 0.1) is 10.9 Å². The highest BCUT2D eigenvalue weighted by molar-refractivity contribution is 7.99. The zero-order chi connectivity index (χ0) is 37.7. The van der Waals surface area contributed by atoms with E-state index >= 15 is 0 Å². The van der Waals surface area contributed by atoms with Crippen LogP contribution in [0.5, 0.6) is 0 Å². The molecule has 8 rings (SSSR count). The first kappa shape index (κ1) is 36.8. The van der Waals surface area contributed by atoms with Crippen LogP contribution in [0.1, 0.15) is 62.8 Å². The van der Waals surface area contributed by atoms with E-state index in [1.54, 1.807) is 34.4 Å². The topological polar surface area (TPSA) is 34.1 Å². The fraction of sp³-hybridized carbons (Fsp3) is 0.208. The molecule has 1 atom stereocenters. The monoisotopic (exact) mass is 779 g/mol. The van der Waals surface area contributed by atoms with E-state index < -0.39 is 10.9 Å². The van der Waals surface area contributed by atoms with Crippen molar-refractivity contribution in [2.45, 2.75) is 90.7 Å². The lowest BCUT2D eigenvalue weighted by atomic mass is 9.86. The summed E-state index contributed by atoms with van der Waals surface area (Å²) in [5.41, 5.74) is 5.14. The summed E-state index contributed by atoms with van der Waals surface area (Å²) < 4.78 is 4.07. The van der Waals surface area contributed by atoms with E-state index in [1.807, 2.05) is 48.5 Å². The van der Waals surface area contributed by atoms with Gasteiger partial charge in [0.1, 0.15) is 0 Å². The Labute approximate surface area is 332 Å². The first-order valence-corrected chi connectivity index (χ1v) is 22.2. The predicted molar refractivity (Wildman–Crippen MR) is 237 cm³/mol. The van der Waals surface area contributed by atoms with Crippen LogP contribution in [0.3, 0.4) is 0 Å². The molecule has 0 aliphatic rings. The van der Waals surface area contributed by atoms with E-state index in [4.69, 9.17) is 0 Å². The highest BCUT2D eigenvalue weighted by Crippen LogP contribution is 2.44. The minimum Gasteiger partial charge on any atom is -0.289 e. The zero-order valence-electron chi connectivity index (χ0n) is 31.5. The van der Waals surface area contributed by atoms with Gasteiger partial charge in [0.25, 0.3) is 0 Å². The van der Waals surface area contributed by atoms with Crippen molar-refractivity contribution in [1.29, 1.82) is 0 Å². The van der Waals surface area contributed by atoms with E-state index in [0.29, 0.717) is 0 Å². The third-order valence-electron chi connectivity index (χ3n) is 10.0. The molecule has 0 bridgehead atoms. The molecule has 0 amide bonds. The highest BCUT2D eigenvalue weighted by Gasteiger charge is 2.36. The molecule has 0 spiro atoms. The summed E-state index contributed by atoms with van der Waals surface area (Å²) in [6.45, 7) is 13.6. The van der Waals surface area contributed by atoms with Gasteiger partial charge >= 0.3 is 0 Å².